The Hall–Kier alpha value is -1.57. The number of aryl methyl sites for hydroxylation is 1. The molecule has 0 unspecified atom stereocenters. The van der Waals surface area contributed by atoms with Gasteiger partial charge in [0.25, 0.3) is 0 Å². The molecule has 2 nitrogen and oxygen atoms in total. The third-order valence-electron chi connectivity index (χ3n) is 2.63. The Balaban J connectivity index is 2.34. The molecule has 70 valence electrons. The van der Waals surface area contributed by atoms with Crippen molar-refractivity contribution in [3.8, 4) is 5.75 Å². The highest BCUT2D eigenvalue weighted by atomic mass is 16.5. The van der Waals surface area contributed by atoms with Gasteiger partial charge in [-0.2, -0.15) is 0 Å². The molecule has 14 heavy (non-hydrogen) atoms. The number of pyridine rings is 1. The summed E-state index contributed by atoms with van der Waals surface area (Å²) in [4.78, 5) is 4.42. The third kappa shape index (κ3) is 1.07. The summed E-state index contributed by atoms with van der Waals surface area (Å²) in [7, 11) is 0. The van der Waals surface area contributed by atoms with Crippen molar-refractivity contribution in [1.82, 2.24) is 4.98 Å². The SMILES string of the molecule is c1ccc2c3c(ncc2c1)CCCO3. The second-order valence-electron chi connectivity index (χ2n) is 3.57. The van der Waals surface area contributed by atoms with E-state index in [1.807, 2.05) is 18.3 Å². The lowest BCUT2D eigenvalue weighted by atomic mass is 10.1. The lowest BCUT2D eigenvalue weighted by Gasteiger charge is -2.17. The molecule has 1 aliphatic rings. The van der Waals surface area contributed by atoms with E-state index in [0.29, 0.717) is 0 Å². The highest BCUT2D eigenvalue weighted by molar-refractivity contribution is 5.88. The van der Waals surface area contributed by atoms with Crippen LogP contribution < -0.4 is 4.74 Å². The van der Waals surface area contributed by atoms with Crippen LogP contribution in [0.5, 0.6) is 5.75 Å². The molecule has 1 aromatic carbocycles. The molecule has 0 aliphatic carbocycles. The molecule has 2 aromatic rings. The highest BCUT2D eigenvalue weighted by Gasteiger charge is 2.14. The first kappa shape index (κ1) is 7.80. The van der Waals surface area contributed by atoms with E-state index >= 15 is 0 Å². The van der Waals surface area contributed by atoms with Crippen LogP contribution in [0, 0.1) is 0 Å². The molecule has 1 aromatic heterocycles. The number of rotatable bonds is 0. The molecule has 0 radical (unpaired) electrons. The molecule has 0 saturated heterocycles. The number of hydrogen-bond donors (Lipinski definition) is 0. The van der Waals surface area contributed by atoms with Crippen molar-refractivity contribution in [3.05, 3.63) is 36.2 Å². The van der Waals surface area contributed by atoms with Gasteiger partial charge in [-0.3, -0.25) is 4.98 Å². The fraction of sp³-hybridized carbons (Fsp3) is 0.250. The van der Waals surface area contributed by atoms with Crippen molar-refractivity contribution in [2.75, 3.05) is 6.61 Å². The Morgan fingerprint density at radius 1 is 1.21 bits per heavy atom. The largest absolute Gasteiger partial charge is 0.491 e. The van der Waals surface area contributed by atoms with E-state index in [0.717, 1.165) is 36.3 Å². The standard InChI is InChI=1S/C12H11NO/c1-2-5-10-9(4-1)8-13-11-6-3-7-14-12(10)11/h1-2,4-5,8H,3,6-7H2. The van der Waals surface area contributed by atoms with Gasteiger partial charge >= 0.3 is 0 Å². The Morgan fingerprint density at radius 3 is 3.14 bits per heavy atom. The summed E-state index contributed by atoms with van der Waals surface area (Å²) in [5, 5.41) is 2.35. The lowest BCUT2D eigenvalue weighted by molar-refractivity contribution is 0.289. The topological polar surface area (TPSA) is 22.1 Å². The summed E-state index contributed by atoms with van der Waals surface area (Å²) in [6, 6.07) is 8.24. The van der Waals surface area contributed by atoms with E-state index in [2.05, 4.69) is 17.1 Å². The molecule has 0 fully saturated rings. The Morgan fingerprint density at radius 2 is 2.14 bits per heavy atom. The second kappa shape index (κ2) is 2.98. The quantitative estimate of drug-likeness (QED) is 0.629. The molecule has 0 saturated carbocycles. The average molecular weight is 185 g/mol. The van der Waals surface area contributed by atoms with Crippen LogP contribution in [0.15, 0.2) is 30.5 Å². The highest BCUT2D eigenvalue weighted by Crippen LogP contribution is 2.31. The van der Waals surface area contributed by atoms with Gasteiger partial charge in [-0.15, -0.1) is 0 Å². The Bertz CT molecular complexity index is 479. The molecular formula is C12H11NO. The molecule has 2 heterocycles. The molecule has 0 bridgehead atoms. The first-order chi connectivity index (χ1) is 6.95. The van der Waals surface area contributed by atoms with Gasteiger partial charge in [0.2, 0.25) is 0 Å². The zero-order valence-electron chi connectivity index (χ0n) is 7.86. The minimum Gasteiger partial charge on any atom is -0.491 e. The van der Waals surface area contributed by atoms with Gasteiger partial charge in [0.15, 0.2) is 0 Å². The van der Waals surface area contributed by atoms with Crippen molar-refractivity contribution >= 4 is 10.8 Å². The van der Waals surface area contributed by atoms with Crippen LogP contribution in [0.1, 0.15) is 12.1 Å². The van der Waals surface area contributed by atoms with Crippen molar-refractivity contribution in [2.24, 2.45) is 0 Å². The lowest BCUT2D eigenvalue weighted by Crippen LogP contribution is -2.10. The van der Waals surface area contributed by atoms with Gasteiger partial charge in [-0.1, -0.05) is 24.3 Å². The Labute approximate surface area is 82.5 Å². The number of ether oxygens (including phenoxy) is 1. The Kier molecular flexibility index (Phi) is 1.66. The summed E-state index contributed by atoms with van der Waals surface area (Å²) in [6.07, 6.45) is 4.06. The van der Waals surface area contributed by atoms with Crippen LogP contribution in [0.25, 0.3) is 10.8 Å². The monoisotopic (exact) mass is 185 g/mol. The van der Waals surface area contributed by atoms with Crippen molar-refractivity contribution in [2.45, 2.75) is 12.8 Å². The average Bonchev–Trinajstić information content (AvgIpc) is 2.29. The van der Waals surface area contributed by atoms with Gasteiger partial charge in [0.05, 0.1) is 12.3 Å². The summed E-state index contributed by atoms with van der Waals surface area (Å²) in [5.41, 5.74) is 1.11. The van der Waals surface area contributed by atoms with E-state index < -0.39 is 0 Å². The predicted octanol–water partition coefficient (Wildman–Crippen LogP) is 2.56. The fourth-order valence-corrected chi connectivity index (χ4v) is 1.93. The summed E-state index contributed by atoms with van der Waals surface area (Å²) in [6.45, 7) is 0.822. The fourth-order valence-electron chi connectivity index (χ4n) is 1.93. The minimum absolute atomic E-state index is 0.822. The van der Waals surface area contributed by atoms with Crippen LogP contribution in [0.4, 0.5) is 0 Å². The molecule has 2 heteroatoms. The normalized spacial score (nSPS) is 14.9. The molecule has 3 rings (SSSR count). The van der Waals surface area contributed by atoms with E-state index in [9.17, 15) is 0 Å². The van der Waals surface area contributed by atoms with Gasteiger partial charge in [0, 0.05) is 17.0 Å². The smallest absolute Gasteiger partial charge is 0.148 e. The van der Waals surface area contributed by atoms with Gasteiger partial charge in [-0.25, -0.2) is 0 Å². The maximum Gasteiger partial charge on any atom is 0.148 e. The summed E-state index contributed by atoms with van der Waals surface area (Å²) >= 11 is 0. The summed E-state index contributed by atoms with van der Waals surface area (Å²) < 4.78 is 5.67. The minimum atomic E-state index is 0.822. The number of nitrogens with zero attached hydrogens (tertiary/aromatic N) is 1. The van der Waals surface area contributed by atoms with Crippen LogP contribution in [0.2, 0.25) is 0 Å². The number of aromatic nitrogens is 1. The molecule has 1 aliphatic heterocycles. The first-order valence-corrected chi connectivity index (χ1v) is 4.94. The van der Waals surface area contributed by atoms with E-state index in [1.54, 1.807) is 0 Å². The van der Waals surface area contributed by atoms with Gasteiger partial charge < -0.3 is 4.74 Å². The number of hydrogen-bond acceptors (Lipinski definition) is 2. The van der Waals surface area contributed by atoms with Gasteiger partial charge in [0.1, 0.15) is 5.75 Å². The van der Waals surface area contributed by atoms with Crippen molar-refractivity contribution in [3.63, 3.8) is 0 Å². The molecule has 0 amide bonds. The van der Waals surface area contributed by atoms with E-state index in [-0.39, 0.29) is 0 Å². The van der Waals surface area contributed by atoms with Crippen LogP contribution in [0.3, 0.4) is 0 Å². The van der Waals surface area contributed by atoms with Crippen molar-refractivity contribution < 1.29 is 4.74 Å². The predicted molar refractivity (Wildman–Crippen MR) is 55.6 cm³/mol. The molecule has 0 N–H and O–H groups in total. The zero-order chi connectivity index (χ0) is 9.38. The van der Waals surface area contributed by atoms with Crippen LogP contribution >= 0.6 is 0 Å². The molecular weight excluding hydrogens is 174 g/mol. The van der Waals surface area contributed by atoms with E-state index in [1.165, 1.54) is 5.39 Å². The number of fused-ring (bicyclic) bond motifs is 3. The third-order valence-corrected chi connectivity index (χ3v) is 2.63. The van der Waals surface area contributed by atoms with Crippen LogP contribution in [-0.4, -0.2) is 11.6 Å². The van der Waals surface area contributed by atoms with E-state index in [4.69, 9.17) is 4.74 Å². The van der Waals surface area contributed by atoms with Gasteiger partial charge in [-0.05, 0) is 12.8 Å². The molecule has 0 atom stereocenters. The van der Waals surface area contributed by atoms with Crippen LogP contribution in [-0.2, 0) is 6.42 Å². The maximum absolute atomic E-state index is 5.67. The first-order valence-electron chi connectivity index (χ1n) is 4.94. The van der Waals surface area contributed by atoms with Crippen molar-refractivity contribution in [1.29, 1.82) is 0 Å². The number of benzene rings is 1. The maximum atomic E-state index is 5.67. The zero-order valence-corrected chi connectivity index (χ0v) is 7.86. The second-order valence-corrected chi connectivity index (χ2v) is 3.57. The molecule has 0 spiro atoms. The summed E-state index contributed by atoms with van der Waals surface area (Å²) in [5.74, 6) is 0.995.